The average molecular weight is 231 g/mol. The van der Waals surface area contributed by atoms with E-state index >= 15 is 0 Å². The zero-order valence-corrected chi connectivity index (χ0v) is 7.62. The number of sulfonamides is 1. The Hall–Kier alpha value is -0.140. The predicted molar refractivity (Wildman–Crippen MR) is 39.7 cm³/mol. The van der Waals surface area contributed by atoms with Crippen molar-refractivity contribution < 1.29 is 13.2 Å². The second kappa shape index (κ2) is 3.89. The third kappa shape index (κ3) is 4.71. The van der Waals surface area contributed by atoms with Crippen LogP contribution in [0.25, 0.3) is 0 Å². The number of carbonyl (C=O) groups excluding carboxylic acids is 1. The van der Waals surface area contributed by atoms with Crippen LogP contribution >= 0.6 is 15.9 Å². The van der Waals surface area contributed by atoms with Gasteiger partial charge in [-0.15, -0.1) is 4.83 Å². The summed E-state index contributed by atoms with van der Waals surface area (Å²) in [6, 6.07) is 0. The minimum Gasteiger partial charge on any atom is -0.278 e. The molecule has 2 N–H and O–H groups in total. The van der Waals surface area contributed by atoms with Gasteiger partial charge in [-0.3, -0.25) is 10.2 Å². The van der Waals surface area contributed by atoms with Crippen molar-refractivity contribution in [2.24, 2.45) is 0 Å². The van der Waals surface area contributed by atoms with E-state index in [1.165, 1.54) is 6.92 Å². The van der Waals surface area contributed by atoms with Gasteiger partial charge in [-0.1, -0.05) is 15.9 Å². The number of hydrogen-bond acceptors (Lipinski definition) is 3. The molecular formula is C3H7BrN2O3S. The molecule has 0 spiro atoms. The molecule has 60 valence electrons. The lowest BCUT2D eigenvalue weighted by Gasteiger charge is -2.01. The molecular weight excluding hydrogens is 224 g/mol. The summed E-state index contributed by atoms with van der Waals surface area (Å²) in [5.41, 5.74) is 1.93. The van der Waals surface area contributed by atoms with E-state index < -0.39 is 15.9 Å². The Kier molecular flexibility index (Phi) is 3.84. The highest BCUT2D eigenvalue weighted by Gasteiger charge is 2.05. The van der Waals surface area contributed by atoms with E-state index in [0.29, 0.717) is 0 Å². The lowest BCUT2D eigenvalue weighted by molar-refractivity contribution is -0.119. The van der Waals surface area contributed by atoms with Gasteiger partial charge in [0.2, 0.25) is 15.9 Å². The molecule has 0 rings (SSSR count). The van der Waals surface area contributed by atoms with Gasteiger partial charge in [0.25, 0.3) is 0 Å². The van der Waals surface area contributed by atoms with E-state index in [2.05, 4.69) is 15.9 Å². The van der Waals surface area contributed by atoms with Gasteiger partial charge in [0.05, 0.1) is 0 Å². The number of nitrogens with one attached hydrogen (secondary N) is 2. The molecule has 0 aliphatic carbocycles. The SMILES string of the molecule is CC(=O)NNS(=O)(=O)CBr. The lowest BCUT2D eigenvalue weighted by atomic mass is 10.8. The molecule has 1 amide bonds. The fourth-order valence-corrected chi connectivity index (χ4v) is 0.874. The summed E-state index contributed by atoms with van der Waals surface area (Å²) in [6.45, 7) is 1.21. The van der Waals surface area contributed by atoms with Gasteiger partial charge in [-0.2, -0.15) is 0 Å². The van der Waals surface area contributed by atoms with Gasteiger partial charge >= 0.3 is 0 Å². The molecule has 0 saturated heterocycles. The maximum atomic E-state index is 10.5. The van der Waals surface area contributed by atoms with Crippen LogP contribution in [0.1, 0.15) is 6.92 Å². The fourth-order valence-electron chi connectivity index (χ4n) is 0.177. The molecule has 0 aliphatic heterocycles. The molecule has 0 radical (unpaired) electrons. The van der Waals surface area contributed by atoms with E-state index in [1.54, 1.807) is 0 Å². The lowest BCUT2D eigenvalue weighted by Crippen LogP contribution is -2.40. The summed E-state index contributed by atoms with van der Waals surface area (Å²) in [5, 5.41) is 0. The molecule has 0 atom stereocenters. The first-order valence-corrected chi connectivity index (χ1v) is 5.07. The van der Waals surface area contributed by atoms with Gasteiger partial charge in [0, 0.05) is 6.92 Å². The van der Waals surface area contributed by atoms with Crippen LogP contribution in [-0.4, -0.2) is 19.0 Å². The standard InChI is InChI=1S/C3H7BrN2O3S/c1-3(7)5-6-10(8,9)2-4/h6H,2H2,1H3,(H,5,7). The summed E-state index contributed by atoms with van der Waals surface area (Å²) >= 11 is 2.72. The molecule has 0 saturated carbocycles. The van der Waals surface area contributed by atoms with Crippen LogP contribution in [0.3, 0.4) is 0 Å². The van der Waals surface area contributed by atoms with E-state index in [0.717, 1.165) is 0 Å². The molecule has 10 heavy (non-hydrogen) atoms. The Morgan fingerprint density at radius 1 is 1.60 bits per heavy atom. The minimum absolute atomic E-state index is 0.236. The van der Waals surface area contributed by atoms with Crippen LogP contribution in [0.5, 0.6) is 0 Å². The van der Waals surface area contributed by atoms with E-state index in [1.807, 2.05) is 10.3 Å². The first-order chi connectivity index (χ1) is 4.48. The Bertz CT molecular complexity index is 212. The molecule has 0 unspecified atom stereocenters. The van der Waals surface area contributed by atoms with Crippen molar-refractivity contribution in [2.75, 3.05) is 4.66 Å². The predicted octanol–water partition coefficient (Wildman–Crippen LogP) is -0.691. The normalized spacial score (nSPS) is 11.0. The van der Waals surface area contributed by atoms with Gasteiger partial charge < -0.3 is 0 Å². The van der Waals surface area contributed by atoms with E-state index in [-0.39, 0.29) is 4.66 Å². The van der Waals surface area contributed by atoms with Crippen LogP contribution < -0.4 is 10.3 Å². The second-order valence-corrected chi connectivity index (χ2v) is 4.53. The number of amides is 1. The number of hydrogen-bond donors (Lipinski definition) is 2. The quantitative estimate of drug-likeness (QED) is 0.498. The van der Waals surface area contributed by atoms with Crippen LogP contribution in [0.2, 0.25) is 0 Å². The van der Waals surface area contributed by atoms with Crippen LogP contribution in [0.15, 0.2) is 0 Å². The summed E-state index contributed by atoms with van der Waals surface area (Å²) in [7, 11) is -3.38. The molecule has 7 heteroatoms. The smallest absolute Gasteiger partial charge is 0.238 e. The minimum atomic E-state index is -3.38. The van der Waals surface area contributed by atoms with Crippen molar-refractivity contribution in [3.63, 3.8) is 0 Å². The molecule has 5 nitrogen and oxygen atoms in total. The summed E-state index contributed by atoms with van der Waals surface area (Å²) in [6.07, 6.45) is 0. The van der Waals surface area contributed by atoms with Crippen molar-refractivity contribution in [3.8, 4) is 0 Å². The third-order valence-corrected chi connectivity index (χ3v) is 3.03. The average Bonchev–Trinajstić information content (AvgIpc) is 1.85. The Balaban J connectivity index is 3.81. The molecule has 0 aromatic rings. The maximum Gasteiger partial charge on any atom is 0.238 e. The van der Waals surface area contributed by atoms with Crippen molar-refractivity contribution >= 4 is 31.9 Å². The summed E-state index contributed by atoms with van der Waals surface area (Å²) < 4.78 is 20.8. The summed E-state index contributed by atoms with van der Waals surface area (Å²) in [5.74, 6) is -0.454. The van der Waals surface area contributed by atoms with Crippen molar-refractivity contribution in [1.82, 2.24) is 10.3 Å². The molecule has 0 aromatic heterocycles. The van der Waals surface area contributed by atoms with Crippen LogP contribution in [-0.2, 0) is 14.8 Å². The van der Waals surface area contributed by atoms with Gasteiger partial charge in [0.1, 0.15) is 4.66 Å². The first-order valence-electron chi connectivity index (χ1n) is 2.30. The van der Waals surface area contributed by atoms with Crippen LogP contribution in [0, 0.1) is 0 Å². The first kappa shape index (κ1) is 9.86. The molecule has 0 heterocycles. The molecule has 0 bridgehead atoms. The fraction of sp³-hybridized carbons (Fsp3) is 0.667. The molecule has 0 fully saturated rings. The number of carbonyl (C=O) groups is 1. The maximum absolute atomic E-state index is 10.5. The van der Waals surface area contributed by atoms with Crippen molar-refractivity contribution in [2.45, 2.75) is 6.92 Å². The zero-order chi connectivity index (χ0) is 8.20. The van der Waals surface area contributed by atoms with Gasteiger partial charge in [-0.25, -0.2) is 8.42 Å². The van der Waals surface area contributed by atoms with E-state index in [9.17, 15) is 13.2 Å². The second-order valence-electron chi connectivity index (χ2n) is 1.51. The number of hydrazine groups is 1. The monoisotopic (exact) mass is 230 g/mol. The number of rotatable bonds is 3. The van der Waals surface area contributed by atoms with Gasteiger partial charge in [-0.05, 0) is 0 Å². The Morgan fingerprint density at radius 2 is 2.10 bits per heavy atom. The number of halogens is 1. The highest BCUT2D eigenvalue weighted by molar-refractivity contribution is 9.10. The largest absolute Gasteiger partial charge is 0.278 e. The topological polar surface area (TPSA) is 75.3 Å². The Labute approximate surface area is 67.3 Å². The van der Waals surface area contributed by atoms with Crippen LogP contribution in [0.4, 0.5) is 0 Å². The van der Waals surface area contributed by atoms with E-state index in [4.69, 9.17) is 0 Å². The third-order valence-electron chi connectivity index (χ3n) is 0.526. The Morgan fingerprint density at radius 3 is 2.40 bits per heavy atom. The highest BCUT2D eigenvalue weighted by atomic mass is 79.9. The zero-order valence-electron chi connectivity index (χ0n) is 5.22. The van der Waals surface area contributed by atoms with Crippen molar-refractivity contribution in [3.05, 3.63) is 0 Å². The highest BCUT2D eigenvalue weighted by Crippen LogP contribution is 1.87. The summed E-state index contributed by atoms with van der Waals surface area (Å²) in [4.78, 5) is 12.0. The van der Waals surface area contributed by atoms with Gasteiger partial charge in [0.15, 0.2) is 0 Å². The molecule has 0 aliphatic rings. The molecule has 0 aromatic carbocycles. The number of alkyl halides is 1. The van der Waals surface area contributed by atoms with Crippen molar-refractivity contribution in [1.29, 1.82) is 0 Å².